The SMILES string of the molecule is CCOC(=O)/C=C/c1ccc(OC)c(-c2cc3c(cc2OCCCCCC(=O)O)C(C)(C)CCC3(C)C)c1. The van der Waals surface area contributed by atoms with Crippen molar-refractivity contribution in [1.82, 2.24) is 0 Å². The van der Waals surface area contributed by atoms with Crippen LogP contribution in [-0.2, 0) is 25.2 Å². The van der Waals surface area contributed by atoms with Gasteiger partial charge >= 0.3 is 11.9 Å². The summed E-state index contributed by atoms with van der Waals surface area (Å²) in [5.74, 6) is 0.362. The van der Waals surface area contributed by atoms with E-state index in [9.17, 15) is 9.59 Å². The van der Waals surface area contributed by atoms with Crippen LogP contribution in [0.15, 0.2) is 36.4 Å². The smallest absolute Gasteiger partial charge is 0.330 e. The highest BCUT2D eigenvalue weighted by atomic mass is 16.5. The lowest BCUT2D eigenvalue weighted by Gasteiger charge is -2.42. The number of benzene rings is 2. The molecule has 1 aliphatic rings. The quantitative estimate of drug-likeness (QED) is 0.179. The second-order valence-corrected chi connectivity index (χ2v) is 11.3. The number of aliphatic carboxylic acids is 1. The van der Waals surface area contributed by atoms with E-state index in [-0.39, 0.29) is 23.2 Å². The Balaban J connectivity index is 2.06. The van der Waals surface area contributed by atoms with E-state index in [4.69, 9.17) is 19.3 Å². The van der Waals surface area contributed by atoms with E-state index in [0.29, 0.717) is 19.6 Å². The number of rotatable bonds is 12. The van der Waals surface area contributed by atoms with E-state index in [0.717, 1.165) is 53.9 Å². The number of hydrogen-bond acceptors (Lipinski definition) is 5. The molecule has 0 radical (unpaired) electrons. The number of unbranched alkanes of at least 4 members (excludes halogenated alkanes) is 2. The number of carbonyl (C=O) groups is 2. The molecule has 0 saturated heterocycles. The largest absolute Gasteiger partial charge is 0.496 e. The van der Waals surface area contributed by atoms with Gasteiger partial charge in [-0.05, 0) is 96.9 Å². The van der Waals surface area contributed by atoms with Gasteiger partial charge in [0.1, 0.15) is 11.5 Å². The molecule has 0 heterocycles. The topological polar surface area (TPSA) is 82.1 Å². The van der Waals surface area contributed by atoms with Crippen molar-refractivity contribution in [2.24, 2.45) is 0 Å². The van der Waals surface area contributed by atoms with E-state index in [1.54, 1.807) is 20.1 Å². The average Bonchev–Trinajstić information content (AvgIpc) is 2.87. The van der Waals surface area contributed by atoms with Crippen LogP contribution < -0.4 is 9.47 Å². The molecule has 0 atom stereocenters. The Labute approximate surface area is 227 Å². The minimum absolute atomic E-state index is 0.0175. The van der Waals surface area contributed by atoms with E-state index < -0.39 is 5.97 Å². The molecule has 38 heavy (non-hydrogen) atoms. The minimum Gasteiger partial charge on any atom is -0.496 e. The van der Waals surface area contributed by atoms with Gasteiger partial charge in [-0.1, -0.05) is 33.8 Å². The first-order chi connectivity index (χ1) is 18.0. The highest BCUT2D eigenvalue weighted by Crippen LogP contribution is 2.50. The lowest BCUT2D eigenvalue weighted by atomic mass is 9.62. The molecule has 0 aromatic heterocycles. The Morgan fingerprint density at radius 3 is 2.21 bits per heavy atom. The van der Waals surface area contributed by atoms with Crippen LogP contribution in [0.4, 0.5) is 0 Å². The second-order valence-electron chi connectivity index (χ2n) is 11.3. The molecule has 2 aromatic rings. The molecule has 6 heteroatoms. The van der Waals surface area contributed by atoms with Crippen molar-refractivity contribution >= 4 is 18.0 Å². The van der Waals surface area contributed by atoms with Crippen LogP contribution in [0.1, 0.15) is 89.8 Å². The van der Waals surface area contributed by atoms with Crippen LogP contribution >= 0.6 is 0 Å². The van der Waals surface area contributed by atoms with E-state index in [1.165, 1.54) is 17.2 Å². The van der Waals surface area contributed by atoms with E-state index >= 15 is 0 Å². The van der Waals surface area contributed by atoms with Crippen molar-refractivity contribution in [1.29, 1.82) is 0 Å². The third-order valence-corrected chi connectivity index (χ3v) is 7.46. The zero-order valence-electron chi connectivity index (χ0n) is 23.7. The standard InChI is InChI=1S/C32H42O6/c1-7-37-30(35)15-13-22-12-14-27(36-6)23(19-22)24-20-25-26(32(4,5)17-16-31(25,2)3)21-28(24)38-18-10-8-9-11-29(33)34/h12-15,19-21H,7-11,16-18H2,1-6H3,(H,33,34)/b15-13+. The average molecular weight is 523 g/mol. The maximum absolute atomic E-state index is 11.9. The molecule has 1 aliphatic carbocycles. The molecule has 0 bridgehead atoms. The van der Waals surface area contributed by atoms with Crippen molar-refractivity contribution in [2.45, 2.75) is 84.0 Å². The summed E-state index contributed by atoms with van der Waals surface area (Å²) in [6.45, 7) is 11.8. The minimum atomic E-state index is -0.767. The predicted octanol–water partition coefficient (Wildman–Crippen LogP) is 7.31. The second kappa shape index (κ2) is 12.5. The van der Waals surface area contributed by atoms with Crippen LogP contribution in [0.5, 0.6) is 11.5 Å². The number of methoxy groups -OCH3 is 1. The number of esters is 1. The van der Waals surface area contributed by atoms with Gasteiger partial charge in [0.25, 0.3) is 0 Å². The molecule has 3 rings (SSSR count). The monoisotopic (exact) mass is 522 g/mol. The van der Waals surface area contributed by atoms with Crippen LogP contribution in [0.3, 0.4) is 0 Å². The first-order valence-electron chi connectivity index (χ1n) is 13.6. The highest BCUT2D eigenvalue weighted by Gasteiger charge is 2.38. The number of carboxylic acids is 1. The van der Waals surface area contributed by atoms with Gasteiger partial charge < -0.3 is 19.3 Å². The highest BCUT2D eigenvalue weighted by molar-refractivity contribution is 5.88. The van der Waals surface area contributed by atoms with Crippen molar-refractivity contribution in [3.8, 4) is 22.6 Å². The van der Waals surface area contributed by atoms with E-state index in [1.807, 2.05) is 18.2 Å². The zero-order chi connectivity index (χ0) is 27.9. The Morgan fingerprint density at radius 1 is 0.921 bits per heavy atom. The molecule has 1 N–H and O–H groups in total. The summed E-state index contributed by atoms with van der Waals surface area (Å²) in [6, 6.07) is 10.3. The summed E-state index contributed by atoms with van der Waals surface area (Å²) in [7, 11) is 1.65. The third-order valence-electron chi connectivity index (χ3n) is 7.46. The van der Waals surface area contributed by atoms with Gasteiger partial charge in [0.05, 0.1) is 20.3 Å². The summed E-state index contributed by atoms with van der Waals surface area (Å²) < 4.78 is 17.2. The van der Waals surface area contributed by atoms with Crippen molar-refractivity contribution in [2.75, 3.05) is 20.3 Å². The number of carboxylic acid groups (broad SMARTS) is 1. The molecule has 0 aliphatic heterocycles. The number of ether oxygens (including phenoxy) is 3. The van der Waals surface area contributed by atoms with Gasteiger partial charge in [0.2, 0.25) is 0 Å². The van der Waals surface area contributed by atoms with Gasteiger partial charge in [0, 0.05) is 23.6 Å². The van der Waals surface area contributed by atoms with Crippen molar-refractivity contribution < 1.29 is 28.9 Å². The number of carbonyl (C=O) groups excluding carboxylic acids is 1. The fourth-order valence-electron chi connectivity index (χ4n) is 5.06. The maximum atomic E-state index is 11.9. The fourth-order valence-corrected chi connectivity index (χ4v) is 5.06. The van der Waals surface area contributed by atoms with Crippen LogP contribution in [0.2, 0.25) is 0 Å². The Morgan fingerprint density at radius 2 is 1.58 bits per heavy atom. The van der Waals surface area contributed by atoms with Crippen LogP contribution in [0, 0.1) is 0 Å². The molecule has 0 unspecified atom stereocenters. The van der Waals surface area contributed by atoms with Gasteiger partial charge in [-0.2, -0.15) is 0 Å². The molecule has 2 aromatic carbocycles. The molecular weight excluding hydrogens is 480 g/mol. The molecule has 6 nitrogen and oxygen atoms in total. The van der Waals surface area contributed by atoms with Gasteiger partial charge in [-0.15, -0.1) is 0 Å². The lowest BCUT2D eigenvalue weighted by Crippen LogP contribution is -2.34. The Kier molecular flexibility index (Phi) is 9.64. The Bertz CT molecular complexity index is 1170. The summed E-state index contributed by atoms with van der Waals surface area (Å²) in [6.07, 6.45) is 7.75. The molecular formula is C32H42O6. The summed E-state index contributed by atoms with van der Waals surface area (Å²) in [5.41, 5.74) is 5.35. The van der Waals surface area contributed by atoms with Crippen molar-refractivity contribution in [3.63, 3.8) is 0 Å². The van der Waals surface area contributed by atoms with E-state index in [2.05, 4.69) is 39.8 Å². The lowest BCUT2D eigenvalue weighted by molar-refractivity contribution is -0.138. The van der Waals surface area contributed by atoms with Crippen LogP contribution in [0.25, 0.3) is 17.2 Å². The molecule has 0 amide bonds. The van der Waals surface area contributed by atoms with Crippen molar-refractivity contribution in [3.05, 3.63) is 53.1 Å². The van der Waals surface area contributed by atoms with Gasteiger partial charge in [0.15, 0.2) is 0 Å². The number of fused-ring (bicyclic) bond motifs is 1. The van der Waals surface area contributed by atoms with Gasteiger partial charge in [-0.25, -0.2) is 4.79 Å². The zero-order valence-corrected chi connectivity index (χ0v) is 23.7. The molecule has 0 saturated carbocycles. The molecule has 0 spiro atoms. The summed E-state index contributed by atoms with van der Waals surface area (Å²) >= 11 is 0. The molecule has 206 valence electrons. The first-order valence-corrected chi connectivity index (χ1v) is 13.6. The normalized spacial score (nSPS) is 15.6. The van der Waals surface area contributed by atoms with Gasteiger partial charge in [-0.3, -0.25) is 4.79 Å². The third kappa shape index (κ3) is 7.18. The predicted molar refractivity (Wildman–Crippen MR) is 151 cm³/mol. The maximum Gasteiger partial charge on any atom is 0.330 e. The number of hydrogen-bond donors (Lipinski definition) is 1. The molecule has 0 fully saturated rings. The fraction of sp³-hybridized carbons (Fsp3) is 0.500. The first kappa shape index (κ1) is 29.3. The summed E-state index contributed by atoms with van der Waals surface area (Å²) in [4.78, 5) is 22.7. The Hall–Kier alpha value is -3.28. The summed E-state index contributed by atoms with van der Waals surface area (Å²) in [5, 5.41) is 8.91. The van der Waals surface area contributed by atoms with Crippen LogP contribution in [-0.4, -0.2) is 37.4 Å².